The highest BCUT2D eigenvalue weighted by Gasteiger charge is 2.25. The summed E-state index contributed by atoms with van der Waals surface area (Å²) in [6.07, 6.45) is 8.53. The molecule has 0 amide bonds. The fraction of sp³-hybridized carbons (Fsp3) is 0.417. The van der Waals surface area contributed by atoms with Crippen LogP contribution in [0.4, 0.5) is 5.88 Å². The van der Waals surface area contributed by atoms with Gasteiger partial charge in [0, 0.05) is 12.6 Å². The summed E-state index contributed by atoms with van der Waals surface area (Å²) in [5.41, 5.74) is 0. The van der Waals surface area contributed by atoms with Gasteiger partial charge in [-0.3, -0.25) is 4.79 Å². The average molecular weight is 203 g/mol. The van der Waals surface area contributed by atoms with Crippen LogP contribution in [0.2, 0.25) is 0 Å². The van der Waals surface area contributed by atoms with Gasteiger partial charge in [0.05, 0.1) is 6.54 Å². The summed E-state index contributed by atoms with van der Waals surface area (Å²) in [7, 11) is 0. The van der Waals surface area contributed by atoms with Gasteiger partial charge in [-0.25, -0.2) is 0 Å². The Labute approximate surface area is 89.1 Å². The smallest absolute Gasteiger partial charge is 0.197 e. The summed E-state index contributed by atoms with van der Waals surface area (Å²) in [6, 6.07) is 3.46. The first kappa shape index (κ1) is 9.85. The zero-order valence-electron chi connectivity index (χ0n) is 8.48. The molecule has 0 unspecified atom stereocenters. The molecule has 1 fully saturated rings. The van der Waals surface area contributed by atoms with Crippen LogP contribution in [-0.4, -0.2) is 19.4 Å². The highest BCUT2D eigenvalue weighted by atomic mass is 16.4. The van der Waals surface area contributed by atoms with Gasteiger partial charge in [0.1, 0.15) is 0 Å². The fourth-order valence-corrected chi connectivity index (χ4v) is 1.53. The molecule has 0 saturated heterocycles. The van der Waals surface area contributed by atoms with E-state index in [1.54, 1.807) is 12.1 Å². The summed E-state index contributed by atoms with van der Waals surface area (Å²) in [6.45, 7) is 1.46. The maximum Gasteiger partial charge on any atom is 0.197 e. The Morgan fingerprint density at radius 3 is 2.93 bits per heavy atom. The number of carbonyl (C=O) groups excluding carboxylic acids is 1. The van der Waals surface area contributed by atoms with Crippen molar-refractivity contribution in [1.29, 1.82) is 0 Å². The third kappa shape index (κ3) is 2.41. The lowest BCUT2D eigenvalue weighted by atomic mass is 10.3. The van der Waals surface area contributed by atoms with Crippen molar-refractivity contribution >= 4 is 12.2 Å². The van der Waals surface area contributed by atoms with Gasteiger partial charge < -0.3 is 9.32 Å². The Balaban J connectivity index is 2.08. The molecule has 3 heteroatoms. The number of hydrogen-bond donors (Lipinski definition) is 0. The molecule has 0 radical (unpaired) electrons. The second-order valence-electron chi connectivity index (χ2n) is 3.82. The minimum Gasteiger partial charge on any atom is -0.438 e. The third-order valence-corrected chi connectivity index (χ3v) is 2.50. The summed E-state index contributed by atoms with van der Waals surface area (Å²) < 4.78 is 5.34. The highest BCUT2D eigenvalue weighted by molar-refractivity contribution is 5.71. The van der Waals surface area contributed by atoms with E-state index in [9.17, 15) is 4.79 Å². The zero-order chi connectivity index (χ0) is 10.7. The molecule has 3 nitrogen and oxygen atoms in total. The average Bonchev–Trinajstić information content (AvgIpc) is 2.94. The lowest BCUT2D eigenvalue weighted by Crippen LogP contribution is -2.25. The van der Waals surface area contributed by atoms with Gasteiger partial charge in [-0.05, 0) is 24.8 Å². The quantitative estimate of drug-likeness (QED) is 0.541. The molecule has 0 atom stereocenters. The Kier molecular flexibility index (Phi) is 2.77. The summed E-state index contributed by atoms with van der Waals surface area (Å²) >= 11 is 0. The number of aldehydes is 1. The molecular weight excluding hydrogens is 190 g/mol. The second-order valence-corrected chi connectivity index (χ2v) is 3.82. The second kappa shape index (κ2) is 4.22. The Bertz CT molecular complexity index is 385. The van der Waals surface area contributed by atoms with E-state index in [2.05, 4.69) is 5.92 Å². The SMILES string of the molecule is C#CCN(CC1CC1)c1ccc(C=O)o1. The normalized spacial score (nSPS) is 14.6. The summed E-state index contributed by atoms with van der Waals surface area (Å²) in [5, 5.41) is 0. The first-order valence-electron chi connectivity index (χ1n) is 5.07. The number of hydrogen-bond acceptors (Lipinski definition) is 3. The number of anilines is 1. The van der Waals surface area contributed by atoms with Crippen LogP contribution in [0.15, 0.2) is 16.5 Å². The van der Waals surface area contributed by atoms with Gasteiger partial charge >= 0.3 is 0 Å². The van der Waals surface area contributed by atoms with Crippen molar-refractivity contribution in [2.24, 2.45) is 5.92 Å². The van der Waals surface area contributed by atoms with Gasteiger partial charge in [0.25, 0.3) is 0 Å². The predicted molar refractivity (Wildman–Crippen MR) is 57.9 cm³/mol. The maximum atomic E-state index is 10.5. The van der Waals surface area contributed by atoms with Crippen LogP contribution in [-0.2, 0) is 0 Å². The third-order valence-electron chi connectivity index (χ3n) is 2.50. The van der Waals surface area contributed by atoms with E-state index in [4.69, 9.17) is 10.8 Å². The molecule has 0 aliphatic heterocycles. The molecule has 15 heavy (non-hydrogen) atoms. The van der Waals surface area contributed by atoms with E-state index in [0.717, 1.165) is 12.5 Å². The highest BCUT2D eigenvalue weighted by Crippen LogP contribution is 2.31. The van der Waals surface area contributed by atoms with Crippen LogP contribution in [0.1, 0.15) is 23.4 Å². The first-order valence-corrected chi connectivity index (χ1v) is 5.07. The van der Waals surface area contributed by atoms with E-state index in [0.29, 0.717) is 24.5 Å². The summed E-state index contributed by atoms with van der Waals surface area (Å²) in [4.78, 5) is 12.5. The molecule has 0 bridgehead atoms. The molecule has 0 aromatic carbocycles. The largest absolute Gasteiger partial charge is 0.438 e. The van der Waals surface area contributed by atoms with Crippen molar-refractivity contribution in [3.8, 4) is 12.3 Å². The molecule has 1 aliphatic rings. The first-order chi connectivity index (χ1) is 7.33. The fourth-order valence-electron chi connectivity index (χ4n) is 1.53. The van der Waals surface area contributed by atoms with Crippen LogP contribution in [0.3, 0.4) is 0 Å². The molecule has 1 aliphatic carbocycles. The number of terminal acetylenes is 1. The molecule has 2 rings (SSSR count). The minimum absolute atomic E-state index is 0.350. The van der Waals surface area contributed by atoms with Crippen molar-refractivity contribution in [1.82, 2.24) is 0 Å². The lowest BCUT2D eigenvalue weighted by Gasteiger charge is -2.18. The lowest BCUT2D eigenvalue weighted by molar-refractivity contribution is 0.110. The van der Waals surface area contributed by atoms with E-state index in [-0.39, 0.29) is 0 Å². The van der Waals surface area contributed by atoms with Gasteiger partial charge in [-0.2, -0.15) is 0 Å². The van der Waals surface area contributed by atoms with Gasteiger partial charge in [0.2, 0.25) is 0 Å². The van der Waals surface area contributed by atoms with Crippen LogP contribution >= 0.6 is 0 Å². The Morgan fingerprint density at radius 2 is 2.40 bits per heavy atom. The number of nitrogens with zero attached hydrogens (tertiary/aromatic N) is 1. The molecule has 1 aromatic rings. The Hall–Kier alpha value is -1.69. The Morgan fingerprint density at radius 1 is 1.60 bits per heavy atom. The minimum atomic E-state index is 0.350. The zero-order valence-corrected chi connectivity index (χ0v) is 8.48. The van der Waals surface area contributed by atoms with E-state index in [1.807, 2.05) is 4.90 Å². The maximum absolute atomic E-state index is 10.5. The molecule has 1 aromatic heterocycles. The summed E-state index contributed by atoms with van der Waals surface area (Å²) in [5.74, 6) is 4.39. The predicted octanol–water partition coefficient (Wildman–Crippen LogP) is 1.94. The number of rotatable bonds is 5. The van der Waals surface area contributed by atoms with E-state index >= 15 is 0 Å². The molecular formula is C12H13NO2. The molecule has 1 saturated carbocycles. The van der Waals surface area contributed by atoms with E-state index < -0.39 is 0 Å². The van der Waals surface area contributed by atoms with Crippen molar-refractivity contribution in [3.63, 3.8) is 0 Å². The molecule has 0 N–H and O–H groups in total. The van der Waals surface area contributed by atoms with Gasteiger partial charge in [-0.15, -0.1) is 6.42 Å². The molecule has 1 heterocycles. The van der Waals surface area contributed by atoms with Crippen molar-refractivity contribution in [3.05, 3.63) is 17.9 Å². The van der Waals surface area contributed by atoms with Crippen LogP contribution in [0, 0.1) is 18.3 Å². The van der Waals surface area contributed by atoms with Crippen LogP contribution in [0.25, 0.3) is 0 Å². The van der Waals surface area contributed by atoms with Crippen LogP contribution < -0.4 is 4.90 Å². The molecule has 0 spiro atoms. The van der Waals surface area contributed by atoms with Crippen molar-refractivity contribution in [2.75, 3.05) is 18.0 Å². The number of furan rings is 1. The molecule has 78 valence electrons. The van der Waals surface area contributed by atoms with Gasteiger partial charge in [0.15, 0.2) is 17.9 Å². The van der Waals surface area contributed by atoms with E-state index in [1.165, 1.54) is 12.8 Å². The van der Waals surface area contributed by atoms with Crippen molar-refractivity contribution in [2.45, 2.75) is 12.8 Å². The van der Waals surface area contributed by atoms with Gasteiger partial charge in [-0.1, -0.05) is 5.92 Å². The van der Waals surface area contributed by atoms with Crippen molar-refractivity contribution < 1.29 is 9.21 Å². The monoisotopic (exact) mass is 203 g/mol. The number of carbonyl (C=O) groups is 1. The standard InChI is InChI=1S/C12H13NO2/c1-2-7-13(8-10-3-4-10)12-6-5-11(9-14)15-12/h1,5-6,9-10H,3-4,7-8H2. The topological polar surface area (TPSA) is 33.5 Å². The van der Waals surface area contributed by atoms with Crippen LogP contribution in [0.5, 0.6) is 0 Å².